The van der Waals surface area contributed by atoms with Gasteiger partial charge in [0.25, 0.3) is 0 Å². The van der Waals surface area contributed by atoms with Gasteiger partial charge in [0.1, 0.15) is 17.7 Å². The third-order valence-electron chi connectivity index (χ3n) is 5.72. The summed E-state index contributed by atoms with van der Waals surface area (Å²) >= 11 is 0. The molecule has 1 saturated carbocycles. The number of carbonyl (C=O) groups is 3. The van der Waals surface area contributed by atoms with Gasteiger partial charge in [0.2, 0.25) is 11.8 Å². The predicted octanol–water partition coefficient (Wildman–Crippen LogP) is 4.41. The Morgan fingerprint density at radius 3 is 2.14 bits per heavy atom. The van der Waals surface area contributed by atoms with Crippen LogP contribution in [0.25, 0.3) is 0 Å². The maximum atomic E-state index is 14.1. The standard InChI is InChI=1S/C28H41N3O4/c1-11-19-14-12-13-15-20(19)23(24(32)30-27(5,6)7)31(21-16-18(21)4)25(33)22(17(2)3)29-26(34)35-28(8,9)10/h1,12-15,17-18,21-23H,16H2,2-10H3,(H,29,34)(H,30,32). The molecule has 1 aromatic rings. The Labute approximate surface area is 210 Å². The lowest BCUT2D eigenvalue weighted by molar-refractivity contribution is -0.144. The summed E-state index contributed by atoms with van der Waals surface area (Å²) in [5.74, 6) is 2.00. The zero-order chi connectivity index (χ0) is 26.7. The van der Waals surface area contributed by atoms with E-state index in [0.717, 1.165) is 6.42 Å². The Morgan fingerprint density at radius 2 is 1.69 bits per heavy atom. The van der Waals surface area contributed by atoms with Gasteiger partial charge >= 0.3 is 6.09 Å². The molecule has 0 spiro atoms. The Morgan fingerprint density at radius 1 is 1.11 bits per heavy atom. The van der Waals surface area contributed by atoms with Gasteiger partial charge in [-0.3, -0.25) is 9.59 Å². The number of alkyl carbamates (subject to hydrolysis) is 1. The van der Waals surface area contributed by atoms with Crippen molar-refractivity contribution in [2.45, 2.75) is 98.0 Å². The lowest BCUT2D eigenvalue weighted by Gasteiger charge is -2.37. The predicted molar refractivity (Wildman–Crippen MR) is 137 cm³/mol. The van der Waals surface area contributed by atoms with Gasteiger partial charge in [-0.2, -0.15) is 0 Å². The van der Waals surface area contributed by atoms with E-state index in [0.29, 0.717) is 11.1 Å². The minimum absolute atomic E-state index is 0.147. The van der Waals surface area contributed by atoms with Gasteiger partial charge in [-0.15, -0.1) is 6.42 Å². The molecule has 7 nitrogen and oxygen atoms in total. The molecule has 2 N–H and O–H groups in total. The molecular formula is C28H41N3O4. The van der Waals surface area contributed by atoms with Crippen LogP contribution in [0, 0.1) is 24.2 Å². The summed E-state index contributed by atoms with van der Waals surface area (Å²) < 4.78 is 5.41. The average molecular weight is 484 g/mol. The number of hydrogen-bond donors (Lipinski definition) is 2. The van der Waals surface area contributed by atoms with Crippen molar-refractivity contribution in [3.63, 3.8) is 0 Å². The highest BCUT2D eigenvalue weighted by molar-refractivity contribution is 5.93. The zero-order valence-corrected chi connectivity index (χ0v) is 22.6. The first-order valence-corrected chi connectivity index (χ1v) is 12.2. The van der Waals surface area contributed by atoms with E-state index in [1.165, 1.54) is 0 Å². The normalized spacial score (nSPS) is 19.2. The lowest BCUT2D eigenvalue weighted by atomic mass is 9.94. The molecule has 1 aliphatic rings. The van der Waals surface area contributed by atoms with Crippen LogP contribution in [0.5, 0.6) is 0 Å². The summed E-state index contributed by atoms with van der Waals surface area (Å²) in [7, 11) is 0. The van der Waals surface area contributed by atoms with Crippen molar-refractivity contribution >= 4 is 17.9 Å². The molecule has 0 aromatic heterocycles. The van der Waals surface area contributed by atoms with Crippen molar-refractivity contribution in [2.75, 3.05) is 0 Å². The van der Waals surface area contributed by atoms with Crippen LogP contribution in [0.1, 0.15) is 85.9 Å². The topological polar surface area (TPSA) is 87.7 Å². The molecule has 7 heteroatoms. The molecule has 1 aliphatic carbocycles. The van der Waals surface area contributed by atoms with Crippen LogP contribution in [-0.4, -0.2) is 46.0 Å². The summed E-state index contributed by atoms with van der Waals surface area (Å²) in [4.78, 5) is 42.1. The van der Waals surface area contributed by atoms with Crippen LogP contribution < -0.4 is 10.6 Å². The number of ether oxygens (including phenoxy) is 1. The molecule has 0 heterocycles. The number of amides is 3. The van der Waals surface area contributed by atoms with Crippen molar-refractivity contribution in [3.8, 4) is 12.3 Å². The number of carbonyl (C=O) groups excluding carboxylic acids is 3. The molecule has 1 aromatic carbocycles. The smallest absolute Gasteiger partial charge is 0.408 e. The molecule has 0 radical (unpaired) electrons. The Kier molecular flexibility index (Phi) is 8.65. The maximum absolute atomic E-state index is 14.1. The van der Waals surface area contributed by atoms with E-state index in [4.69, 9.17) is 11.2 Å². The largest absolute Gasteiger partial charge is 0.444 e. The van der Waals surface area contributed by atoms with Crippen LogP contribution in [0.2, 0.25) is 0 Å². The lowest BCUT2D eigenvalue weighted by Crippen LogP contribution is -2.57. The second-order valence-corrected chi connectivity index (χ2v) is 11.8. The molecule has 0 bridgehead atoms. The van der Waals surface area contributed by atoms with Gasteiger partial charge < -0.3 is 20.3 Å². The molecule has 35 heavy (non-hydrogen) atoms. The monoisotopic (exact) mass is 483 g/mol. The maximum Gasteiger partial charge on any atom is 0.408 e. The minimum atomic E-state index is -0.939. The molecular weight excluding hydrogens is 442 g/mol. The third-order valence-corrected chi connectivity index (χ3v) is 5.72. The van der Waals surface area contributed by atoms with Crippen LogP contribution in [-0.2, 0) is 14.3 Å². The number of terminal acetylenes is 1. The van der Waals surface area contributed by atoms with Crippen LogP contribution in [0.3, 0.4) is 0 Å². The fraction of sp³-hybridized carbons (Fsp3) is 0.607. The van der Waals surface area contributed by atoms with E-state index in [1.54, 1.807) is 37.8 Å². The van der Waals surface area contributed by atoms with Crippen molar-refractivity contribution < 1.29 is 19.1 Å². The van der Waals surface area contributed by atoms with Gasteiger partial charge in [0.05, 0.1) is 0 Å². The number of nitrogens with one attached hydrogen (secondary N) is 2. The molecule has 4 unspecified atom stereocenters. The van der Waals surface area contributed by atoms with Crippen LogP contribution in [0.15, 0.2) is 24.3 Å². The van der Waals surface area contributed by atoms with Gasteiger partial charge in [-0.25, -0.2) is 4.79 Å². The number of rotatable bonds is 7. The summed E-state index contributed by atoms with van der Waals surface area (Å²) in [5.41, 5.74) is -0.0886. The quantitative estimate of drug-likeness (QED) is 0.563. The highest BCUT2D eigenvalue weighted by atomic mass is 16.6. The first-order chi connectivity index (χ1) is 16.1. The number of hydrogen-bond acceptors (Lipinski definition) is 4. The van der Waals surface area contributed by atoms with Gasteiger partial charge in [0.15, 0.2) is 0 Å². The van der Waals surface area contributed by atoms with Crippen LogP contribution >= 0.6 is 0 Å². The van der Waals surface area contributed by atoms with Crippen molar-refractivity contribution in [3.05, 3.63) is 35.4 Å². The highest BCUT2D eigenvalue weighted by Gasteiger charge is 2.49. The average Bonchev–Trinajstić information content (AvgIpc) is 3.42. The second kappa shape index (κ2) is 10.7. The first-order valence-electron chi connectivity index (χ1n) is 12.2. The molecule has 2 rings (SSSR count). The van der Waals surface area contributed by atoms with E-state index in [2.05, 4.69) is 16.6 Å². The number of benzene rings is 1. The Bertz CT molecular complexity index is 981. The van der Waals surface area contributed by atoms with E-state index < -0.39 is 29.3 Å². The Hall–Kier alpha value is -3.01. The fourth-order valence-electron chi connectivity index (χ4n) is 4.00. The van der Waals surface area contributed by atoms with Crippen molar-refractivity contribution in [1.29, 1.82) is 0 Å². The summed E-state index contributed by atoms with van der Waals surface area (Å²) in [6, 6.07) is 5.22. The summed E-state index contributed by atoms with van der Waals surface area (Å²) in [5, 5.41) is 5.78. The van der Waals surface area contributed by atoms with Gasteiger partial charge in [-0.05, 0) is 71.4 Å². The van der Waals surface area contributed by atoms with E-state index in [1.807, 2.05) is 53.7 Å². The molecule has 0 saturated heterocycles. The minimum Gasteiger partial charge on any atom is -0.444 e. The first kappa shape index (κ1) is 28.2. The third kappa shape index (κ3) is 7.74. The van der Waals surface area contributed by atoms with E-state index in [9.17, 15) is 14.4 Å². The molecule has 192 valence electrons. The van der Waals surface area contributed by atoms with E-state index >= 15 is 0 Å². The van der Waals surface area contributed by atoms with Crippen molar-refractivity contribution in [2.24, 2.45) is 11.8 Å². The SMILES string of the molecule is C#Cc1ccccc1C(C(=O)NC(C)(C)C)N(C(=O)C(NC(=O)OC(C)(C)C)C(C)C)C1CC1C. The molecule has 1 fully saturated rings. The molecule has 0 aliphatic heterocycles. The summed E-state index contributed by atoms with van der Waals surface area (Å²) in [6.07, 6.45) is 5.88. The Balaban J connectivity index is 2.57. The van der Waals surface area contributed by atoms with Gasteiger partial charge in [-0.1, -0.05) is 44.9 Å². The van der Waals surface area contributed by atoms with Crippen molar-refractivity contribution in [1.82, 2.24) is 15.5 Å². The zero-order valence-electron chi connectivity index (χ0n) is 22.6. The molecule has 4 atom stereocenters. The molecule has 3 amide bonds. The van der Waals surface area contributed by atoms with Gasteiger partial charge in [0, 0.05) is 17.1 Å². The fourth-order valence-corrected chi connectivity index (χ4v) is 4.00. The summed E-state index contributed by atoms with van der Waals surface area (Å²) in [6.45, 7) is 16.7. The number of nitrogens with zero attached hydrogens (tertiary/aromatic N) is 1. The van der Waals surface area contributed by atoms with Crippen LogP contribution in [0.4, 0.5) is 4.79 Å². The second-order valence-electron chi connectivity index (χ2n) is 11.8. The van der Waals surface area contributed by atoms with E-state index in [-0.39, 0.29) is 29.7 Å². The highest BCUT2D eigenvalue weighted by Crippen LogP contribution is 2.41.